The molecule has 98 valence electrons. The molecule has 1 aromatic carbocycles. The highest BCUT2D eigenvalue weighted by Gasteiger charge is 2.13. The summed E-state index contributed by atoms with van der Waals surface area (Å²) in [5.74, 6) is -1.67. The Morgan fingerprint density at radius 1 is 1.16 bits per heavy atom. The minimum Gasteiger partial charge on any atom is -0.478 e. The van der Waals surface area contributed by atoms with E-state index >= 15 is 0 Å². The van der Waals surface area contributed by atoms with Crippen LogP contribution in [0.4, 0.5) is 5.69 Å². The van der Waals surface area contributed by atoms with Gasteiger partial charge in [-0.3, -0.25) is 4.79 Å². The van der Waals surface area contributed by atoms with Crippen molar-refractivity contribution in [1.82, 2.24) is 0 Å². The molecule has 0 aliphatic rings. The molecule has 0 fully saturated rings. The lowest BCUT2D eigenvalue weighted by Gasteiger charge is -2.05. The third kappa shape index (κ3) is 3.27. The number of anilines is 1. The summed E-state index contributed by atoms with van der Waals surface area (Å²) >= 11 is 11.3. The molecule has 0 saturated carbocycles. The van der Waals surface area contributed by atoms with Gasteiger partial charge in [0.25, 0.3) is 5.91 Å². The molecule has 19 heavy (non-hydrogen) atoms. The quantitative estimate of drug-likeness (QED) is 0.908. The monoisotopic (exact) mass is 299 g/mol. The van der Waals surface area contributed by atoms with Crippen LogP contribution in [0.15, 0.2) is 34.7 Å². The molecule has 2 aromatic rings. The van der Waals surface area contributed by atoms with Gasteiger partial charge < -0.3 is 14.8 Å². The van der Waals surface area contributed by atoms with Crippen molar-refractivity contribution in [2.24, 2.45) is 0 Å². The summed E-state index contributed by atoms with van der Waals surface area (Å²) < 4.78 is 4.93. The van der Waals surface area contributed by atoms with Crippen molar-refractivity contribution >= 4 is 40.8 Å². The Labute approximate surface area is 117 Å². The average Bonchev–Trinajstić information content (AvgIpc) is 2.75. The molecule has 1 amide bonds. The van der Waals surface area contributed by atoms with Crippen LogP contribution in [0.5, 0.6) is 0 Å². The fourth-order valence-corrected chi connectivity index (χ4v) is 1.80. The molecule has 0 radical (unpaired) electrons. The molecular weight excluding hydrogens is 293 g/mol. The number of benzene rings is 1. The van der Waals surface area contributed by atoms with Gasteiger partial charge in [0.15, 0.2) is 11.0 Å². The normalized spacial score (nSPS) is 10.2. The fraction of sp³-hybridized carbons (Fsp3) is 0. The van der Waals surface area contributed by atoms with E-state index in [1.54, 1.807) is 0 Å². The van der Waals surface area contributed by atoms with Crippen LogP contribution in [0.2, 0.25) is 10.2 Å². The van der Waals surface area contributed by atoms with Gasteiger partial charge in [-0.25, -0.2) is 4.79 Å². The average molecular weight is 300 g/mol. The molecule has 0 aliphatic carbocycles. The number of hydrogen-bond donors (Lipinski definition) is 2. The number of carbonyl (C=O) groups excluding carboxylic acids is 1. The van der Waals surface area contributed by atoms with E-state index in [1.165, 1.54) is 30.3 Å². The smallest absolute Gasteiger partial charge is 0.335 e. The first-order valence-electron chi connectivity index (χ1n) is 5.06. The molecular formula is C12H7Cl2NO4. The first-order valence-corrected chi connectivity index (χ1v) is 5.82. The molecule has 0 spiro atoms. The first kappa shape index (κ1) is 13.5. The molecule has 7 heteroatoms. The predicted octanol–water partition coefficient (Wildman–Crippen LogP) is 3.54. The molecule has 2 N–H and O–H groups in total. The summed E-state index contributed by atoms with van der Waals surface area (Å²) in [5.41, 5.74) is 0.225. The number of nitrogens with one attached hydrogen (secondary N) is 1. The second-order valence-electron chi connectivity index (χ2n) is 3.59. The van der Waals surface area contributed by atoms with Crippen LogP contribution in [0.25, 0.3) is 0 Å². The minimum atomic E-state index is -1.14. The van der Waals surface area contributed by atoms with Crippen LogP contribution < -0.4 is 5.32 Å². The van der Waals surface area contributed by atoms with E-state index in [9.17, 15) is 9.59 Å². The van der Waals surface area contributed by atoms with Crippen LogP contribution >= 0.6 is 23.2 Å². The summed E-state index contributed by atoms with van der Waals surface area (Å²) in [4.78, 5) is 22.6. The lowest BCUT2D eigenvalue weighted by atomic mass is 10.2. The van der Waals surface area contributed by atoms with Crippen LogP contribution in [0.3, 0.4) is 0 Å². The van der Waals surface area contributed by atoms with E-state index in [1.807, 2.05) is 0 Å². The zero-order chi connectivity index (χ0) is 14.0. The van der Waals surface area contributed by atoms with Crippen molar-refractivity contribution in [2.45, 2.75) is 0 Å². The highest BCUT2D eigenvalue weighted by atomic mass is 35.5. The summed E-state index contributed by atoms with van der Waals surface area (Å²) in [6.07, 6.45) is 0. The number of carbonyl (C=O) groups is 2. The van der Waals surface area contributed by atoms with E-state index < -0.39 is 11.9 Å². The molecule has 0 unspecified atom stereocenters. The largest absolute Gasteiger partial charge is 0.478 e. The topological polar surface area (TPSA) is 79.5 Å². The predicted molar refractivity (Wildman–Crippen MR) is 70.1 cm³/mol. The number of carboxylic acid groups (broad SMARTS) is 1. The van der Waals surface area contributed by atoms with Crippen molar-refractivity contribution in [1.29, 1.82) is 0 Å². The van der Waals surface area contributed by atoms with Crippen molar-refractivity contribution in [3.05, 3.63) is 51.9 Å². The zero-order valence-electron chi connectivity index (χ0n) is 9.31. The second-order valence-corrected chi connectivity index (χ2v) is 4.40. The van der Waals surface area contributed by atoms with Gasteiger partial charge in [-0.05, 0) is 41.9 Å². The van der Waals surface area contributed by atoms with Crippen molar-refractivity contribution in [2.75, 3.05) is 5.32 Å². The molecule has 0 bridgehead atoms. The van der Waals surface area contributed by atoms with Gasteiger partial charge in [-0.15, -0.1) is 0 Å². The van der Waals surface area contributed by atoms with E-state index in [2.05, 4.69) is 5.32 Å². The number of furan rings is 1. The van der Waals surface area contributed by atoms with Crippen molar-refractivity contribution < 1.29 is 19.1 Å². The number of carboxylic acids is 1. The summed E-state index contributed by atoms with van der Waals surface area (Å²) in [6.45, 7) is 0. The Bertz CT molecular complexity index is 651. The van der Waals surface area contributed by atoms with Gasteiger partial charge >= 0.3 is 5.97 Å². The standard InChI is InChI=1S/C12H7Cl2NO4/c13-7-3-6(12(17)18)4-8(5-7)15-11(16)9-1-2-10(14)19-9/h1-5H,(H,15,16)(H,17,18). The third-order valence-electron chi connectivity index (χ3n) is 2.20. The molecule has 0 aliphatic heterocycles. The molecule has 1 aromatic heterocycles. The van der Waals surface area contributed by atoms with Crippen LogP contribution in [-0.4, -0.2) is 17.0 Å². The van der Waals surface area contributed by atoms with Gasteiger partial charge in [0.2, 0.25) is 0 Å². The Kier molecular flexibility index (Phi) is 3.78. The Morgan fingerprint density at radius 2 is 1.89 bits per heavy atom. The third-order valence-corrected chi connectivity index (χ3v) is 2.62. The lowest BCUT2D eigenvalue weighted by molar-refractivity contribution is 0.0696. The maximum Gasteiger partial charge on any atom is 0.335 e. The lowest BCUT2D eigenvalue weighted by Crippen LogP contribution is -2.11. The minimum absolute atomic E-state index is 0.0156. The van der Waals surface area contributed by atoms with Crippen molar-refractivity contribution in [3.63, 3.8) is 0 Å². The molecule has 0 atom stereocenters. The molecule has 1 heterocycles. The molecule has 0 saturated heterocycles. The molecule has 2 rings (SSSR count). The van der Waals surface area contributed by atoms with Crippen LogP contribution in [-0.2, 0) is 0 Å². The van der Waals surface area contributed by atoms with Crippen LogP contribution in [0, 0.1) is 0 Å². The summed E-state index contributed by atoms with van der Waals surface area (Å²) in [7, 11) is 0. The highest BCUT2D eigenvalue weighted by Crippen LogP contribution is 2.21. The summed E-state index contributed by atoms with van der Waals surface area (Å²) in [5, 5.41) is 11.6. The van der Waals surface area contributed by atoms with Gasteiger partial charge in [0.05, 0.1) is 5.56 Å². The first-order chi connectivity index (χ1) is 8.95. The van der Waals surface area contributed by atoms with E-state index in [0.29, 0.717) is 0 Å². The summed E-state index contributed by atoms with van der Waals surface area (Å²) in [6, 6.07) is 6.83. The number of aromatic carboxylic acids is 1. The number of hydrogen-bond acceptors (Lipinski definition) is 3. The SMILES string of the molecule is O=C(O)c1cc(Cl)cc(NC(=O)c2ccc(Cl)o2)c1. The fourth-order valence-electron chi connectivity index (χ4n) is 1.41. The van der Waals surface area contributed by atoms with E-state index in [-0.39, 0.29) is 27.3 Å². The van der Waals surface area contributed by atoms with Gasteiger partial charge in [0, 0.05) is 10.7 Å². The zero-order valence-corrected chi connectivity index (χ0v) is 10.8. The van der Waals surface area contributed by atoms with E-state index in [0.717, 1.165) is 0 Å². The Hall–Kier alpha value is -1.98. The maximum atomic E-state index is 11.8. The second kappa shape index (κ2) is 5.34. The van der Waals surface area contributed by atoms with Gasteiger partial charge in [-0.2, -0.15) is 0 Å². The van der Waals surface area contributed by atoms with Gasteiger partial charge in [0.1, 0.15) is 0 Å². The van der Waals surface area contributed by atoms with E-state index in [4.69, 9.17) is 32.7 Å². The maximum absolute atomic E-state index is 11.8. The number of halogens is 2. The number of amides is 1. The van der Waals surface area contributed by atoms with Crippen molar-refractivity contribution in [3.8, 4) is 0 Å². The number of rotatable bonds is 3. The Morgan fingerprint density at radius 3 is 2.47 bits per heavy atom. The Balaban J connectivity index is 2.23. The van der Waals surface area contributed by atoms with Crippen LogP contribution in [0.1, 0.15) is 20.9 Å². The molecule has 5 nitrogen and oxygen atoms in total. The highest BCUT2D eigenvalue weighted by molar-refractivity contribution is 6.31. The van der Waals surface area contributed by atoms with Gasteiger partial charge in [-0.1, -0.05) is 11.6 Å².